The van der Waals surface area contributed by atoms with Gasteiger partial charge in [0.25, 0.3) is 0 Å². The van der Waals surface area contributed by atoms with Crippen LogP contribution in [0.2, 0.25) is 0 Å². The molecule has 2 aromatic carbocycles. The maximum atomic E-state index is 5.11. The van der Waals surface area contributed by atoms with Gasteiger partial charge in [-0.05, 0) is 36.8 Å². The fourth-order valence-corrected chi connectivity index (χ4v) is 3.28. The van der Waals surface area contributed by atoms with Gasteiger partial charge in [0, 0.05) is 16.9 Å². The predicted molar refractivity (Wildman–Crippen MR) is 106 cm³/mol. The highest BCUT2D eigenvalue weighted by Crippen LogP contribution is 2.29. The average Bonchev–Trinajstić information content (AvgIpc) is 2.93. The summed E-state index contributed by atoms with van der Waals surface area (Å²) in [5.74, 6) is 2.24. The van der Waals surface area contributed by atoms with E-state index in [4.69, 9.17) is 4.98 Å². The lowest BCUT2D eigenvalue weighted by molar-refractivity contribution is 0.598. The van der Waals surface area contributed by atoms with Crippen LogP contribution in [0.15, 0.2) is 60.7 Å². The highest BCUT2D eigenvalue weighted by Gasteiger charge is 2.20. The summed E-state index contributed by atoms with van der Waals surface area (Å²) in [4.78, 5) is 5.11. The van der Waals surface area contributed by atoms with Crippen LogP contribution in [0.1, 0.15) is 39.1 Å². The monoisotopic (exact) mass is 332 g/mol. The molecule has 0 saturated carbocycles. The Hall–Kier alpha value is -2.35. The van der Waals surface area contributed by atoms with Crippen LogP contribution >= 0.6 is 0 Å². The van der Waals surface area contributed by atoms with E-state index in [0.29, 0.717) is 11.8 Å². The first-order chi connectivity index (χ1) is 12.1. The van der Waals surface area contributed by atoms with Crippen molar-refractivity contribution in [1.29, 1.82) is 0 Å². The van der Waals surface area contributed by atoms with Crippen molar-refractivity contribution in [2.75, 3.05) is 0 Å². The molecule has 0 aliphatic rings. The molecule has 2 nitrogen and oxygen atoms in total. The standard InChI is InChI=1S/C23H28N2/c1-17(2)15-21-22(16-18(3)4)25(20-13-9-6-10-14-20)23(24-21)19-11-7-5-8-12-19/h5-14,17-18H,15-16H2,1-4H3. The zero-order valence-electron chi connectivity index (χ0n) is 15.7. The lowest BCUT2D eigenvalue weighted by atomic mass is 10.0. The average molecular weight is 332 g/mol. The number of hydrogen-bond acceptors (Lipinski definition) is 1. The lowest BCUT2D eigenvalue weighted by Gasteiger charge is -2.15. The highest BCUT2D eigenvalue weighted by atomic mass is 15.1. The van der Waals surface area contributed by atoms with Crippen LogP contribution in [0.25, 0.3) is 17.1 Å². The van der Waals surface area contributed by atoms with E-state index in [-0.39, 0.29) is 0 Å². The fraction of sp³-hybridized carbons (Fsp3) is 0.348. The van der Waals surface area contributed by atoms with Crippen molar-refractivity contribution in [2.45, 2.75) is 40.5 Å². The number of imidazole rings is 1. The van der Waals surface area contributed by atoms with Crippen molar-refractivity contribution in [3.63, 3.8) is 0 Å². The summed E-state index contributed by atoms with van der Waals surface area (Å²) >= 11 is 0. The van der Waals surface area contributed by atoms with Gasteiger partial charge in [-0.2, -0.15) is 0 Å². The Balaban J connectivity index is 2.24. The van der Waals surface area contributed by atoms with Gasteiger partial charge in [0.05, 0.1) is 5.69 Å². The van der Waals surface area contributed by atoms with E-state index >= 15 is 0 Å². The van der Waals surface area contributed by atoms with Crippen LogP contribution in [-0.4, -0.2) is 9.55 Å². The van der Waals surface area contributed by atoms with Gasteiger partial charge in [-0.3, -0.25) is 4.57 Å². The molecule has 0 spiro atoms. The van der Waals surface area contributed by atoms with Crippen molar-refractivity contribution in [3.8, 4) is 17.1 Å². The van der Waals surface area contributed by atoms with E-state index < -0.39 is 0 Å². The molecule has 3 aromatic rings. The summed E-state index contributed by atoms with van der Waals surface area (Å²) in [5.41, 5.74) is 4.96. The summed E-state index contributed by atoms with van der Waals surface area (Å²) in [6.07, 6.45) is 2.05. The van der Waals surface area contributed by atoms with Gasteiger partial charge in [0.15, 0.2) is 0 Å². The normalized spacial score (nSPS) is 11.4. The minimum atomic E-state index is 0.591. The highest BCUT2D eigenvalue weighted by molar-refractivity contribution is 5.60. The van der Waals surface area contributed by atoms with E-state index in [1.54, 1.807) is 0 Å². The fourth-order valence-electron chi connectivity index (χ4n) is 3.28. The van der Waals surface area contributed by atoms with Crippen LogP contribution < -0.4 is 0 Å². The molecule has 0 aliphatic carbocycles. The predicted octanol–water partition coefficient (Wildman–Crippen LogP) is 5.94. The zero-order valence-corrected chi connectivity index (χ0v) is 15.7. The first kappa shape index (κ1) is 17.5. The van der Waals surface area contributed by atoms with Crippen molar-refractivity contribution in [1.82, 2.24) is 9.55 Å². The van der Waals surface area contributed by atoms with Crippen LogP contribution in [-0.2, 0) is 12.8 Å². The second-order valence-corrected chi connectivity index (χ2v) is 7.56. The smallest absolute Gasteiger partial charge is 0.145 e. The van der Waals surface area contributed by atoms with E-state index in [1.165, 1.54) is 22.6 Å². The van der Waals surface area contributed by atoms with Crippen molar-refractivity contribution in [2.24, 2.45) is 11.8 Å². The van der Waals surface area contributed by atoms with Gasteiger partial charge in [0.2, 0.25) is 0 Å². The van der Waals surface area contributed by atoms with Crippen LogP contribution in [0.4, 0.5) is 0 Å². The largest absolute Gasteiger partial charge is 0.296 e. The Morgan fingerprint density at radius 3 is 1.88 bits per heavy atom. The van der Waals surface area contributed by atoms with Gasteiger partial charge < -0.3 is 0 Å². The minimum Gasteiger partial charge on any atom is -0.296 e. The Bertz CT molecular complexity index is 799. The number of hydrogen-bond donors (Lipinski definition) is 0. The molecule has 0 amide bonds. The maximum Gasteiger partial charge on any atom is 0.145 e. The molecule has 0 bridgehead atoms. The molecular formula is C23H28N2. The van der Waals surface area contributed by atoms with Crippen LogP contribution in [0, 0.1) is 11.8 Å². The van der Waals surface area contributed by atoms with E-state index in [9.17, 15) is 0 Å². The van der Waals surface area contributed by atoms with Crippen molar-refractivity contribution < 1.29 is 0 Å². The number of rotatable bonds is 6. The van der Waals surface area contributed by atoms with Gasteiger partial charge in [-0.25, -0.2) is 4.98 Å². The molecule has 0 atom stereocenters. The Morgan fingerprint density at radius 1 is 0.760 bits per heavy atom. The maximum absolute atomic E-state index is 5.11. The first-order valence-corrected chi connectivity index (χ1v) is 9.27. The van der Waals surface area contributed by atoms with E-state index in [0.717, 1.165) is 18.7 Å². The molecule has 0 unspecified atom stereocenters. The quantitative estimate of drug-likeness (QED) is 0.546. The van der Waals surface area contributed by atoms with Crippen LogP contribution in [0.3, 0.4) is 0 Å². The summed E-state index contributed by atoms with van der Waals surface area (Å²) in [6.45, 7) is 9.10. The molecule has 130 valence electrons. The molecule has 0 fully saturated rings. The van der Waals surface area contributed by atoms with E-state index in [1.807, 2.05) is 0 Å². The molecule has 1 aromatic heterocycles. The molecule has 2 heteroatoms. The molecule has 25 heavy (non-hydrogen) atoms. The third-order valence-corrected chi connectivity index (χ3v) is 4.31. The SMILES string of the molecule is CC(C)Cc1nc(-c2ccccc2)n(-c2ccccc2)c1CC(C)C. The zero-order chi connectivity index (χ0) is 17.8. The summed E-state index contributed by atoms with van der Waals surface area (Å²) in [7, 11) is 0. The van der Waals surface area contributed by atoms with Crippen molar-refractivity contribution >= 4 is 0 Å². The second-order valence-electron chi connectivity index (χ2n) is 7.56. The molecule has 0 N–H and O–H groups in total. The van der Waals surface area contributed by atoms with E-state index in [2.05, 4.69) is 92.9 Å². The number of para-hydroxylation sites is 1. The number of benzene rings is 2. The van der Waals surface area contributed by atoms with Crippen LogP contribution in [0.5, 0.6) is 0 Å². The summed E-state index contributed by atoms with van der Waals surface area (Å²) in [6, 6.07) is 21.2. The van der Waals surface area contributed by atoms with Gasteiger partial charge in [-0.1, -0.05) is 76.2 Å². The summed E-state index contributed by atoms with van der Waals surface area (Å²) < 4.78 is 2.37. The summed E-state index contributed by atoms with van der Waals surface area (Å²) in [5, 5.41) is 0. The third-order valence-electron chi connectivity index (χ3n) is 4.31. The van der Waals surface area contributed by atoms with Crippen molar-refractivity contribution in [3.05, 3.63) is 72.1 Å². The van der Waals surface area contributed by atoms with Gasteiger partial charge in [-0.15, -0.1) is 0 Å². The van der Waals surface area contributed by atoms with Gasteiger partial charge >= 0.3 is 0 Å². The molecular weight excluding hydrogens is 304 g/mol. The van der Waals surface area contributed by atoms with Gasteiger partial charge in [0.1, 0.15) is 5.82 Å². The minimum absolute atomic E-state index is 0.591. The second kappa shape index (κ2) is 7.69. The number of aromatic nitrogens is 2. The molecule has 0 radical (unpaired) electrons. The Labute approximate surface area is 151 Å². The Morgan fingerprint density at radius 2 is 1.32 bits per heavy atom. The lowest BCUT2D eigenvalue weighted by Crippen LogP contribution is -2.08. The topological polar surface area (TPSA) is 17.8 Å². The molecule has 0 aliphatic heterocycles. The molecule has 0 saturated heterocycles. The number of nitrogens with zero attached hydrogens (tertiary/aromatic N) is 2. The molecule has 3 rings (SSSR count). The molecule has 1 heterocycles. The Kier molecular flexibility index (Phi) is 5.37. The first-order valence-electron chi connectivity index (χ1n) is 9.27. The third kappa shape index (κ3) is 4.01.